The van der Waals surface area contributed by atoms with E-state index in [1.54, 1.807) is 18.6 Å². The van der Waals surface area contributed by atoms with Crippen LogP contribution < -0.4 is 4.72 Å². The van der Waals surface area contributed by atoms with Gasteiger partial charge in [0.15, 0.2) is 0 Å². The third-order valence-corrected chi connectivity index (χ3v) is 4.02. The van der Waals surface area contributed by atoms with Crippen molar-refractivity contribution in [2.75, 3.05) is 10.5 Å². The predicted molar refractivity (Wildman–Crippen MR) is 73.3 cm³/mol. The molecule has 2 aromatic rings. The van der Waals surface area contributed by atoms with E-state index < -0.39 is 10.0 Å². The lowest BCUT2D eigenvalue weighted by Crippen LogP contribution is -2.19. The molecular formula is C12H16N4O2S. The smallest absolute Gasteiger partial charge is 0.234 e. The molecule has 0 bridgehead atoms. The molecule has 6 nitrogen and oxygen atoms in total. The van der Waals surface area contributed by atoms with Gasteiger partial charge in [0.1, 0.15) is 5.82 Å². The molecule has 7 heteroatoms. The molecule has 2 heterocycles. The van der Waals surface area contributed by atoms with Crippen LogP contribution in [0.3, 0.4) is 0 Å². The number of anilines is 1. The summed E-state index contributed by atoms with van der Waals surface area (Å²) in [5.41, 5.74) is 1.80. The van der Waals surface area contributed by atoms with Crippen molar-refractivity contribution in [3.05, 3.63) is 41.9 Å². The summed E-state index contributed by atoms with van der Waals surface area (Å²) in [6.45, 7) is 1.94. The van der Waals surface area contributed by atoms with Crippen molar-refractivity contribution in [1.82, 2.24) is 15.2 Å². The van der Waals surface area contributed by atoms with Gasteiger partial charge in [-0.15, -0.1) is 0 Å². The van der Waals surface area contributed by atoms with Gasteiger partial charge in [-0.2, -0.15) is 5.10 Å². The van der Waals surface area contributed by atoms with Crippen molar-refractivity contribution in [3.8, 4) is 0 Å². The van der Waals surface area contributed by atoms with E-state index in [1.807, 2.05) is 19.1 Å². The van der Waals surface area contributed by atoms with Gasteiger partial charge >= 0.3 is 0 Å². The number of sulfonamides is 1. The second-order valence-corrected chi connectivity index (χ2v) is 5.99. The molecule has 0 unspecified atom stereocenters. The number of rotatable bonds is 6. The Hall–Kier alpha value is -1.89. The van der Waals surface area contributed by atoms with Crippen molar-refractivity contribution in [2.24, 2.45) is 0 Å². The van der Waals surface area contributed by atoms with Crippen LogP contribution >= 0.6 is 0 Å². The second-order valence-electron chi connectivity index (χ2n) is 4.15. The molecule has 102 valence electrons. The molecule has 0 saturated heterocycles. The Kier molecular flexibility index (Phi) is 4.16. The van der Waals surface area contributed by atoms with E-state index in [-0.39, 0.29) is 5.75 Å². The lowest BCUT2D eigenvalue weighted by Gasteiger charge is -2.07. The fourth-order valence-corrected chi connectivity index (χ4v) is 2.77. The first-order chi connectivity index (χ1) is 9.11. The summed E-state index contributed by atoms with van der Waals surface area (Å²) in [4.78, 5) is 3.89. The average Bonchev–Trinajstić information content (AvgIpc) is 2.84. The number of nitrogens with zero attached hydrogens (tertiary/aromatic N) is 2. The van der Waals surface area contributed by atoms with Gasteiger partial charge in [0.25, 0.3) is 0 Å². The third-order valence-electron chi connectivity index (χ3n) is 2.77. The van der Waals surface area contributed by atoms with Crippen molar-refractivity contribution in [3.63, 3.8) is 0 Å². The predicted octanol–water partition coefficient (Wildman–Crippen LogP) is 1.35. The zero-order chi connectivity index (χ0) is 13.7. The number of aromatic nitrogens is 3. The first-order valence-electron chi connectivity index (χ1n) is 6.02. The number of aromatic amines is 1. The average molecular weight is 280 g/mol. The van der Waals surface area contributed by atoms with Crippen LogP contribution in [0, 0.1) is 0 Å². The number of hydrogen-bond acceptors (Lipinski definition) is 4. The van der Waals surface area contributed by atoms with Gasteiger partial charge in [-0.3, -0.25) is 14.8 Å². The van der Waals surface area contributed by atoms with E-state index >= 15 is 0 Å². The van der Waals surface area contributed by atoms with Gasteiger partial charge in [-0.1, -0.05) is 6.92 Å². The molecule has 2 rings (SSSR count). The first kappa shape index (κ1) is 13.5. The van der Waals surface area contributed by atoms with Gasteiger partial charge in [0.2, 0.25) is 10.0 Å². The molecule has 0 radical (unpaired) electrons. The molecule has 0 aliphatic rings. The van der Waals surface area contributed by atoms with Gasteiger partial charge in [0.05, 0.1) is 11.9 Å². The Morgan fingerprint density at radius 3 is 2.74 bits per heavy atom. The SMILES string of the molecule is CCc1cn[nH]c1NS(=O)(=O)CCc1ccncc1. The molecule has 0 aromatic carbocycles. The second kappa shape index (κ2) is 5.83. The Morgan fingerprint density at radius 1 is 1.32 bits per heavy atom. The minimum absolute atomic E-state index is 0.0270. The number of aryl methyl sites for hydroxylation is 2. The quantitative estimate of drug-likeness (QED) is 0.836. The minimum atomic E-state index is -3.38. The van der Waals surface area contributed by atoms with E-state index in [4.69, 9.17) is 0 Å². The van der Waals surface area contributed by atoms with Gasteiger partial charge < -0.3 is 0 Å². The highest BCUT2D eigenvalue weighted by molar-refractivity contribution is 7.92. The summed E-state index contributed by atoms with van der Waals surface area (Å²) in [5.74, 6) is 0.483. The van der Waals surface area contributed by atoms with Crippen molar-refractivity contribution in [1.29, 1.82) is 0 Å². The number of nitrogens with one attached hydrogen (secondary N) is 2. The number of hydrogen-bond donors (Lipinski definition) is 2. The minimum Gasteiger partial charge on any atom is -0.267 e. The third kappa shape index (κ3) is 3.78. The molecule has 2 N–H and O–H groups in total. The van der Waals surface area contributed by atoms with Crippen molar-refractivity contribution >= 4 is 15.8 Å². The standard InChI is InChI=1S/C12H16N4O2S/c1-2-11-9-14-15-12(11)16-19(17,18)8-5-10-3-6-13-7-4-10/h3-4,6-7,9H,2,5,8H2,1H3,(H2,14,15,16). The van der Waals surface area contributed by atoms with Crippen LogP contribution in [0.2, 0.25) is 0 Å². The van der Waals surface area contributed by atoms with Crippen LogP contribution in [0.25, 0.3) is 0 Å². The maximum absolute atomic E-state index is 12.0. The summed E-state index contributed by atoms with van der Waals surface area (Å²) in [6, 6.07) is 3.62. The Labute approximate surface area is 112 Å². The van der Waals surface area contributed by atoms with Crippen LogP contribution in [0.1, 0.15) is 18.1 Å². The van der Waals surface area contributed by atoms with E-state index in [9.17, 15) is 8.42 Å². The fourth-order valence-electron chi connectivity index (χ4n) is 1.68. The molecule has 0 atom stereocenters. The van der Waals surface area contributed by atoms with Crippen LogP contribution in [-0.2, 0) is 22.9 Å². The normalized spacial score (nSPS) is 11.4. The molecule has 2 aromatic heterocycles. The van der Waals surface area contributed by atoms with E-state index in [2.05, 4.69) is 19.9 Å². The van der Waals surface area contributed by atoms with E-state index in [0.717, 1.165) is 17.5 Å². The number of H-pyrrole nitrogens is 1. The highest BCUT2D eigenvalue weighted by Crippen LogP contribution is 2.13. The zero-order valence-electron chi connectivity index (χ0n) is 10.6. The first-order valence-corrected chi connectivity index (χ1v) is 7.67. The molecule has 0 amide bonds. The van der Waals surface area contributed by atoms with E-state index in [0.29, 0.717) is 12.2 Å². The summed E-state index contributed by atoms with van der Waals surface area (Å²) in [5, 5.41) is 6.50. The molecule has 0 fully saturated rings. The molecule has 0 aliphatic carbocycles. The maximum atomic E-state index is 12.0. The molecular weight excluding hydrogens is 264 g/mol. The van der Waals surface area contributed by atoms with Crippen LogP contribution in [0.15, 0.2) is 30.7 Å². The molecule has 0 spiro atoms. The summed E-state index contributed by atoms with van der Waals surface area (Å²) >= 11 is 0. The Morgan fingerprint density at radius 2 is 2.05 bits per heavy atom. The lowest BCUT2D eigenvalue weighted by molar-refractivity contribution is 0.600. The highest BCUT2D eigenvalue weighted by Gasteiger charge is 2.13. The van der Waals surface area contributed by atoms with Gasteiger partial charge in [-0.05, 0) is 30.5 Å². The number of pyridine rings is 1. The van der Waals surface area contributed by atoms with Gasteiger partial charge in [-0.25, -0.2) is 8.42 Å². The Bertz CT molecular complexity index is 622. The maximum Gasteiger partial charge on any atom is 0.234 e. The van der Waals surface area contributed by atoms with Crippen LogP contribution in [0.5, 0.6) is 0 Å². The Balaban J connectivity index is 1.99. The summed E-state index contributed by atoms with van der Waals surface area (Å²) < 4.78 is 26.5. The molecule has 0 saturated carbocycles. The highest BCUT2D eigenvalue weighted by atomic mass is 32.2. The van der Waals surface area contributed by atoms with E-state index in [1.165, 1.54) is 0 Å². The van der Waals surface area contributed by atoms with Crippen LogP contribution in [0.4, 0.5) is 5.82 Å². The molecule has 0 aliphatic heterocycles. The van der Waals surface area contributed by atoms with Crippen molar-refractivity contribution in [2.45, 2.75) is 19.8 Å². The topological polar surface area (TPSA) is 87.7 Å². The van der Waals surface area contributed by atoms with Gasteiger partial charge in [0, 0.05) is 18.0 Å². The monoisotopic (exact) mass is 280 g/mol. The lowest BCUT2D eigenvalue weighted by atomic mass is 10.2. The summed E-state index contributed by atoms with van der Waals surface area (Å²) in [7, 11) is -3.38. The van der Waals surface area contributed by atoms with Crippen molar-refractivity contribution < 1.29 is 8.42 Å². The van der Waals surface area contributed by atoms with Crippen LogP contribution in [-0.4, -0.2) is 29.4 Å². The summed E-state index contributed by atoms with van der Waals surface area (Å²) in [6.07, 6.45) is 6.10. The fraction of sp³-hybridized carbons (Fsp3) is 0.333. The zero-order valence-corrected chi connectivity index (χ0v) is 11.4. The largest absolute Gasteiger partial charge is 0.267 e. The molecule has 19 heavy (non-hydrogen) atoms.